The van der Waals surface area contributed by atoms with Crippen molar-refractivity contribution in [1.82, 2.24) is 70.6 Å². The number of esters is 1. The highest BCUT2D eigenvalue weighted by Gasteiger charge is 2.39. The van der Waals surface area contributed by atoms with E-state index >= 15 is 8.78 Å². The van der Waals surface area contributed by atoms with Crippen molar-refractivity contribution in [2.24, 2.45) is 0 Å². The smallest absolute Gasteiger partial charge is 0.338 e. The van der Waals surface area contributed by atoms with Gasteiger partial charge in [-0.15, -0.1) is 10.2 Å². The van der Waals surface area contributed by atoms with Crippen molar-refractivity contribution in [3.63, 3.8) is 0 Å². The summed E-state index contributed by atoms with van der Waals surface area (Å²) in [5.74, 6) is -3.42. The molecule has 0 fully saturated rings. The van der Waals surface area contributed by atoms with Crippen LogP contribution in [0.1, 0.15) is 117 Å². The summed E-state index contributed by atoms with van der Waals surface area (Å²) in [6.07, 6.45) is 8.57. The third kappa shape index (κ3) is 12.5. The van der Waals surface area contributed by atoms with Crippen LogP contribution in [-0.4, -0.2) is 124 Å². The molecule has 21 nitrogen and oxygen atoms in total. The molecule has 2 aliphatic heterocycles. The lowest BCUT2D eigenvalue weighted by atomic mass is 9.90. The molecular formula is C57H52Cl2F2N14O7. The normalized spacial score (nSPS) is 15.0. The van der Waals surface area contributed by atoms with Crippen LogP contribution >= 0.6 is 23.2 Å². The molecule has 0 saturated carbocycles. The van der Waals surface area contributed by atoms with E-state index in [-0.39, 0.29) is 70.1 Å². The number of carbonyl (C=O) groups is 6. The molecule has 2 unspecified atom stereocenters. The Labute approximate surface area is 477 Å². The number of rotatable bonds is 14. The quantitative estimate of drug-likeness (QED) is 0.0593. The van der Waals surface area contributed by atoms with Gasteiger partial charge in [-0.3, -0.25) is 34.2 Å². The standard InChI is InChI=1S/C30H29ClFN7O4.C27H23ClFN7O3/c1-17-26-22(35-34-17)13-14-38(25(41)12-9-20-23(39-16-33-36-37-39)11-10-21(31)27(20)32)28(26)24(40)15-18-5-7-19(8-6-18)29(42)43-30(2,3)4;1-15-25-21(32-31-15)11-12-35(27(25)23(38)13-17-3-5-18(6-4-17)16(2)37)24(39)10-7-19-22(36-14-30-33-34-36)9-8-20(28)26(19)29/h5-12,16,28H,13-15H2,1-4H3,(H,34,35);3-10,14,27H,11-13H2,1-2H3,(H,31,32). The van der Waals surface area contributed by atoms with Crippen LogP contribution in [-0.2, 0) is 49.6 Å². The van der Waals surface area contributed by atoms with Crippen molar-refractivity contribution in [2.75, 3.05) is 13.1 Å². The molecule has 2 aliphatic rings. The van der Waals surface area contributed by atoms with Crippen LogP contribution in [0.15, 0.2) is 97.6 Å². The van der Waals surface area contributed by atoms with Gasteiger partial charge < -0.3 is 14.5 Å². The molecule has 2 amide bonds. The van der Waals surface area contributed by atoms with Gasteiger partial charge in [-0.05, 0) is 122 Å². The SMILES string of the molecule is CC(=O)c1ccc(CC(=O)C2c3c(n[nH]c3C)CCN2C(=O)C=Cc2c(-n3cnnn3)ccc(Cl)c2F)cc1.Cc1[nH]nc2c1C(C(=O)Cc1ccc(C(=O)OC(C)(C)C)cc1)N(C(=O)C=Cc1c(-n3cnnn3)ccc(Cl)c1F)CC2. The van der Waals surface area contributed by atoms with E-state index < -0.39 is 47.1 Å². The number of ether oxygens (including phenoxy) is 1. The minimum absolute atomic E-state index is 0.00316. The minimum atomic E-state index is -0.923. The maximum absolute atomic E-state index is 15.1. The number of aromatic nitrogens is 12. The molecule has 0 saturated heterocycles. The number of fused-ring (bicyclic) bond motifs is 2. The summed E-state index contributed by atoms with van der Waals surface area (Å²) in [5, 5.41) is 36.2. The van der Waals surface area contributed by atoms with Gasteiger partial charge >= 0.3 is 5.97 Å². The third-order valence-corrected chi connectivity index (χ3v) is 14.2. The van der Waals surface area contributed by atoms with Crippen LogP contribution in [0.4, 0.5) is 8.78 Å². The lowest BCUT2D eigenvalue weighted by molar-refractivity contribution is -0.136. The summed E-state index contributed by atoms with van der Waals surface area (Å²) in [4.78, 5) is 81.6. The lowest BCUT2D eigenvalue weighted by Crippen LogP contribution is -2.43. The summed E-state index contributed by atoms with van der Waals surface area (Å²) in [7, 11) is 0. The molecule has 4 aromatic carbocycles. The first-order valence-corrected chi connectivity index (χ1v) is 26.4. The van der Waals surface area contributed by atoms with Crippen molar-refractivity contribution in [2.45, 2.75) is 84.9 Å². The summed E-state index contributed by atoms with van der Waals surface area (Å²) in [6.45, 7) is 10.9. The van der Waals surface area contributed by atoms with E-state index in [9.17, 15) is 28.8 Å². The van der Waals surface area contributed by atoms with Crippen molar-refractivity contribution in [3.05, 3.63) is 187 Å². The fourth-order valence-electron chi connectivity index (χ4n) is 9.67. The van der Waals surface area contributed by atoms with Crippen LogP contribution in [0.3, 0.4) is 0 Å². The number of carbonyl (C=O) groups excluding carboxylic acids is 6. The van der Waals surface area contributed by atoms with E-state index in [2.05, 4.69) is 51.4 Å². The number of Topliss-reactive ketones (excluding diaryl/α,β-unsaturated/α-hetero) is 3. The Morgan fingerprint density at radius 2 is 1.05 bits per heavy atom. The second-order valence-corrected chi connectivity index (χ2v) is 21.1. The summed E-state index contributed by atoms with van der Waals surface area (Å²) in [6, 6.07) is 17.4. The molecule has 8 aromatic rings. The Balaban J connectivity index is 0.000000198. The van der Waals surface area contributed by atoms with Gasteiger partial charge in [0.15, 0.2) is 29.0 Å². The summed E-state index contributed by atoms with van der Waals surface area (Å²) < 4.78 is 38.0. The largest absolute Gasteiger partial charge is 0.456 e. The zero-order valence-corrected chi connectivity index (χ0v) is 46.5. The topological polar surface area (TPSA) is 263 Å². The first-order valence-electron chi connectivity index (χ1n) is 25.6. The molecule has 2 atom stereocenters. The molecule has 0 spiro atoms. The van der Waals surface area contributed by atoms with Crippen molar-refractivity contribution in [3.8, 4) is 11.4 Å². The highest BCUT2D eigenvalue weighted by Crippen LogP contribution is 2.36. The van der Waals surface area contributed by atoms with Gasteiger partial charge in [-0.2, -0.15) is 19.6 Å². The Morgan fingerprint density at radius 3 is 1.43 bits per heavy atom. The summed E-state index contributed by atoms with van der Waals surface area (Å²) in [5.41, 5.74) is 6.40. The maximum Gasteiger partial charge on any atom is 0.338 e. The molecular weight excluding hydrogens is 1100 g/mol. The average molecular weight is 1150 g/mol. The second kappa shape index (κ2) is 24.2. The second-order valence-electron chi connectivity index (χ2n) is 20.3. The zero-order chi connectivity index (χ0) is 58.6. The Kier molecular flexibility index (Phi) is 17.0. The molecule has 82 heavy (non-hydrogen) atoms. The number of aromatic amines is 2. The fourth-order valence-corrected chi connectivity index (χ4v) is 10.0. The molecule has 6 heterocycles. The maximum atomic E-state index is 15.1. The van der Waals surface area contributed by atoms with Gasteiger partial charge in [-0.1, -0.05) is 59.6 Å². The van der Waals surface area contributed by atoms with Crippen LogP contribution in [0.25, 0.3) is 23.5 Å². The first-order chi connectivity index (χ1) is 39.2. The number of nitrogens with zero attached hydrogens (tertiary/aromatic N) is 12. The molecule has 0 radical (unpaired) electrons. The Hall–Kier alpha value is -9.22. The number of ketones is 3. The molecule has 420 valence electrons. The number of halogens is 4. The number of aryl methyl sites for hydroxylation is 2. The predicted octanol–water partition coefficient (Wildman–Crippen LogP) is 8.03. The lowest BCUT2D eigenvalue weighted by Gasteiger charge is -2.34. The van der Waals surface area contributed by atoms with E-state index in [1.807, 2.05) is 0 Å². The zero-order valence-electron chi connectivity index (χ0n) is 45.0. The fraction of sp³-hybridized carbons (Fsp3) is 0.263. The highest BCUT2D eigenvalue weighted by molar-refractivity contribution is 6.31. The molecule has 0 aliphatic carbocycles. The van der Waals surface area contributed by atoms with Gasteiger partial charge in [-0.25, -0.2) is 13.6 Å². The van der Waals surface area contributed by atoms with E-state index in [0.717, 1.165) is 5.69 Å². The van der Waals surface area contributed by atoms with Crippen LogP contribution in [0.2, 0.25) is 10.0 Å². The number of tetrazole rings is 2. The minimum Gasteiger partial charge on any atom is -0.456 e. The Bertz CT molecular complexity index is 3800. The van der Waals surface area contributed by atoms with Crippen molar-refractivity contribution < 1.29 is 42.3 Å². The van der Waals surface area contributed by atoms with Gasteiger partial charge in [0.05, 0.1) is 38.4 Å². The molecule has 25 heteroatoms. The van der Waals surface area contributed by atoms with Crippen molar-refractivity contribution in [1.29, 1.82) is 0 Å². The molecule has 10 rings (SSSR count). The van der Waals surface area contributed by atoms with E-state index in [1.165, 1.54) is 87.3 Å². The van der Waals surface area contributed by atoms with Crippen LogP contribution in [0.5, 0.6) is 0 Å². The third-order valence-electron chi connectivity index (χ3n) is 13.6. The van der Waals surface area contributed by atoms with Gasteiger partial charge in [0, 0.05) is 90.1 Å². The first kappa shape index (κ1) is 57.5. The molecule has 2 N–H and O–H groups in total. The van der Waals surface area contributed by atoms with Gasteiger partial charge in [0.1, 0.15) is 30.3 Å². The predicted molar refractivity (Wildman–Crippen MR) is 295 cm³/mol. The number of nitrogens with one attached hydrogen (secondary N) is 2. The van der Waals surface area contributed by atoms with Crippen LogP contribution < -0.4 is 0 Å². The highest BCUT2D eigenvalue weighted by atomic mass is 35.5. The van der Waals surface area contributed by atoms with Crippen LogP contribution in [0, 0.1) is 25.5 Å². The average Bonchev–Trinajstić information content (AvgIpc) is 4.37. The number of hydrogen-bond donors (Lipinski definition) is 2. The number of benzene rings is 4. The monoisotopic (exact) mass is 1150 g/mol. The van der Waals surface area contributed by atoms with E-state index in [1.54, 1.807) is 83.1 Å². The number of hydrogen-bond acceptors (Lipinski definition) is 15. The Morgan fingerprint density at radius 1 is 0.634 bits per heavy atom. The van der Waals surface area contributed by atoms with E-state index in [0.29, 0.717) is 69.0 Å². The van der Waals surface area contributed by atoms with Crippen molar-refractivity contribution >= 4 is 70.5 Å². The summed E-state index contributed by atoms with van der Waals surface area (Å²) >= 11 is 12.0. The van der Waals surface area contributed by atoms with Gasteiger partial charge in [0.2, 0.25) is 11.8 Å². The van der Waals surface area contributed by atoms with Gasteiger partial charge in [0.25, 0.3) is 0 Å². The molecule has 0 bridgehead atoms. The number of amides is 2. The number of H-pyrrole nitrogens is 2. The molecule has 4 aromatic heterocycles. The van der Waals surface area contributed by atoms with E-state index in [4.69, 9.17) is 27.9 Å².